The monoisotopic (exact) mass is 332 g/mol. The Morgan fingerprint density at radius 3 is 2.32 bits per heavy atom. The standard InChI is InChI=1S/C23H28N2/c1-5-6-16-23(3,4)21-17-24-22(19-13-8-7-9-14-19)25(21)20-15-11-10-12-18(20)2/h7-15,17H,5-6,16H2,1-4H3. The Balaban J connectivity index is 2.21. The summed E-state index contributed by atoms with van der Waals surface area (Å²) in [6, 6.07) is 19.1. The van der Waals surface area contributed by atoms with E-state index >= 15 is 0 Å². The average Bonchev–Trinajstić information content (AvgIpc) is 3.07. The van der Waals surface area contributed by atoms with E-state index in [1.807, 2.05) is 0 Å². The lowest BCUT2D eigenvalue weighted by molar-refractivity contribution is 0.439. The number of rotatable bonds is 6. The third-order valence-corrected chi connectivity index (χ3v) is 5.00. The fourth-order valence-electron chi connectivity index (χ4n) is 3.43. The summed E-state index contributed by atoms with van der Waals surface area (Å²) < 4.78 is 2.36. The van der Waals surface area contributed by atoms with Gasteiger partial charge < -0.3 is 0 Å². The van der Waals surface area contributed by atoms with Gasteiger partial charge in [0.15, 0.2) is 0 Å². The number of hydrogen-bond acceptors (Lipinski definition) is 1. The number of aryl methyl sites for hydroxylation is 1. The Morgan fingerprint density at radius 2 is 1.64 bits per heavy atom. The minimum absolute atomic E-state index is 0.0817. The second-order valence-corrected chi connectivity index (χ2v) is 7.44. The fraction of sp³-hybridized carbons (Fsp3) is 0.348. The highest BCUT2D eigenvalue weighted by molar-refractivity contribution is 5.61. The van der Waals surface area contributed by atoms with Crippen LogP contribution in [0.15, 0.2) is 60.8 Å². The number of imidazole rings is 1. The number of aromatic nitrogens is 2. The van der Waals surface area contributed by atoms with Crippen LogP contribution >= 0.6 is 0 Å². The van der Waals surface area contributed by atoms with E-state index in [2.05, 4.69) is 93.1 Å². The van der Waals surface area contributed by atoms with Crippen LogP contribution in [-0.2, 0) is 5.41 Å². The maximum Gasteiger partial charge on any atom is 0.144 e. The van der Waals surface area contributed by atoms with Gasteiger partial charge in [0, 0.05) is 22.9 Å². The van der Waals surface area contributed by atoms with E-state index in [1.165, 1.54) is 29.8 Å². The molecule has 3 aromatic rings. The molecule has 1 heterocycles. The van der Waals surface area contributed by atoms with Gasteiger partial charge >= 0.3 is 0 Å². The van der Waals surface area contributed by atoms with Crippen molar-refractivity contribution in [1.29, 1.82) is 0 Å². The Morgan fingerprint density at radius 1 is 0.960 bits per heavy atom. The number of hydrogen-bond donors (Lipinski definition) is 0. The lowest BCUT2D eigenvalue weighted by atomic mass is 9.84. The van der Waals surface area contributed by atoms with Gasteiger partial charge in [0.05, 0.1) is 5.69 Å². The predicted octanol–water partition coefficient (Wildman–Crippen LogP) is 6.32. The molecule has 2 aromatic carbocycles. The molecule has 0 spiro atoms. The van der Waals surface area contributed by atoms with Gasteiger partial charge in [-0.2, -0.15) is 0 Å². The molecule has 0 saturated carbocycles. The van der Waals surface area contributed by atoms with Crippen LogP contribution < -0.4 is 0 Å². The number of unbranched alkanes of at least 4 members (excludes halogenated alkanes) is 1. The van der Waals surface area contributed by atoms with Crippen molar-refractivity contribution in [2.75, 3.05) is 0 Å². The fourth-order valence-corrected chi connectivity index (χ4v) is 3.43. The molecule has 0 atom stereocenters. The van der Waals surface area contributed by atoms with Crippen molar-refractivity contribution in [2.24, 2.45) is 0 Å². The van der Waals surface area contributed by atoms with Crippen LogP contribution in [0.1, 0.15) is 51.3 Å². The first-order valence-corrected chi connectivity index (χ1v) is 9.24. The normalized spacial score (nSPS) is 11.7. The Labute approximate surface area is 151 Å². The van der Waals surface area contributed by atoms with Crippen LogP contribution in [0.4, 0.5) is 0 Å². The lowest BCUT2D eigenvalue weighted by Gasteiger charge is -2.27. The molecule has 0 unspecified atom stereocenters. The van der Waals surface area contributed by atoms with Crippen molar-refractivity contribution >= 4 is 0 Å². The second kappa shape index (κ2) is 7.26. The van der Waals surface area contributed by atoms with Crippen LogP contribution in [0, 0.1) is 6.92 Å². The van der Waals surface area contributed by atoms with Gasteiger partial charge in [0.25, 0.3) is 0 Å². The number of para-hydroxylation sites is 1. The zero-order chi connectivity index (χ0) is 17.9. The van der Waals surface area contributed by atoms with Crippen LogP contribution in [0.3, 0.4) is 0 Å². The molecule has 0 aliphatic rings. The smallest absolute Gasteiger partial charge is 0.144 e. The SMILES string of the molecule is CCCCC(C)(C)c1cnc(-c2ccccc2)n1-c1ccccc1C. The van der Waals surface area contributed by atoms with E-state index < -0.39 is 0 Å². The zero-order valence-electron chi connectivity index (χ0n) is 15.8. The van der Waals surface area contributed by atoms with Crippen LogP contribution in [0.5, 0.6) is 0 Å². The molecule has 130 valence electrons. The van der Waals surface area contributed by atoms with E-state index in [-0.39, 0.29) is 5.41 Å². The maximum absolute atomic E-state index is 4.84. The molecule has 0 bridgehead atoms. The van der Waals surface area contributed by atoms with E-state index in [9.17, 15) is 0 Å². The van der Waals surface area contributed by atoms with Gasteiger partial charge in [0.2, 0.25) is 0 Å². The quantitative estimate of drug-likeness (QED) is 0.517. The van der Waals surface area contributed by atoms with Crippen molar-refractivity contribution < 1.29 is 0 Å². The minimum atomic E-state index is 0.0817. The van der Waals surface area contributed by atoms with Crippen LogP contribution in [-0.4, -0.2) is 9.55 Å². The molecule has 0 aliphatic heterocycles. The van der Waals surface area contributed by atoms with Crippen molar-refractivity contribution in [2.45, 2.75) is 52.4 Å². The van der Waals surface area contributed by atoms with Gasteiger partial charge in [-0.25, -0.2) is 4.98 Å². The van der Waals surface area contributed by atoms with Gasteiger partial charge in [-0.05, 0) is 25.0 Å². The molecule has 1 aromatic heterocycles. The largest absolute Gasteiger partial charge is 0.296 e. The molecular weight excluding hydrogens is 304 g/mol. The topological polar surface area (TPSA) is 17.8 Å². The maximum atomic E-state index is 4.84. The molecule has 2 nitrogen and oxygen atoms in total. The Kier molecular flexibility index (Phi) is 5.08. The van der Waals surface area contributed by atoms with Gasteiger partial charge in [-0.3, -0.25) is 4.57 Å². The summed E-state index contributed by atoms with van der Waals surface area (Å²) in [4.78, 5) is 4.84. The highest BCUT2D eigenvalue weighted by Crippen LogP contribution is 2.35. The van der Waals surface area contributed by atoms with Gasteiger partial charge in [-0.15, -0.1) is 0 Å². The van der Waals surface area contributed by atoms with Gasteiger partial charge in [0.1, 0.15) is 5.82 Å². The van der Waals surface area contributed by atoms with Crippen LogP contribution in [0.25, 0.3) is 17.1 Å². The Bertz CT molecular complexity index is 828. The number of benzene rings is 2. The third-order valence-electron chi connectivity index (χ3n) is 5.00. The summed E-state index contributed by atoms with van der Waals surface area (Å²) in [7, 11) is 0. The lowest BCUT2D eigenvalue weighted by Crippen LogP contribution is -2.22. The molecule has 0 N–H and O–H groups in total. The molecular formula is C23H28N2. The summed E-state index contributed by atoms with van der Waals surface area (Å²) in [5.41, 5.74) is 5.01. The molecule has 0 saturated heterocycles. The van der Waals surface area contributed by atoms with Crippen molar-refractivity contribution in [1.82, 2.24) is 9.55 Å². The summed E-state index contributed by atoms with van der Waals surface area (Å²) in [6.45, 7) is 9.10. The molecule has 0 radical (unpaired) electrons. The van der Waals surface area contributed by atoms with E-state index in [0.29, 0.717) is 0 Å². The summed E-state index contributed by atoms with van der Waals surface area (Å²) in [5, 5.41) is 0. The first-order valence-electron chi connectivity index (χ1n) is 9.24. The molecule has 3 rings (SSSR count). The summed E-state index contributed by atoms with van der Waals surface area (Å²) in [5.74, 6) is 1.02. The first kappa shape index (κ1) is 17.5. The summed E-state index contributed by atoms with van der Waals surface area (Å²) in [6.07, 6.45) is 5.68. The molecule has 0 amide bonds. The average molecular weight is 332 g/mol. The van der Waals surface area contributed by atoms with Crippen molar-refractivity contribution in [3.63, 3.8) is 0 Å². The molecule has 0 fully saturated rings. The van der Waals surface area contributed by atoms with E-state index in [4.69, 9.17) is 4.98 Å². The minimum Gasteiger partial charge on any atom is -0.296 e. The highest BCUT2D eigenvalue weighted by Gasteiger charge is 2.27. The first-order chi connectivity index (χ1) is 12.0. The summed E-state index contributed by atoms with van der Waals surface area (Å²) >= 11 is 0. The highest BCUT2D eigenvalue weighted by atomic mass is 15.1. The second-order valence-electron chi connectivity index (χ2n) is 7.44. The van der Waals surface area contributed by atoms with Gasteiger partial charge in [-0.1, -0.05) is 82.1 Å². The molecule has 2 heteroatoms. The number of nitrogens with zero attached hydrogens (tertiary/aromatic N) is 2. The van der Waals surface area contributed by atoms with E-state index in [1.54, 1.807) is 0 Å². The Hall–Kier alpha value is -2.35. The molecule has 25 heavy (non-hydrogen) atoms. The molecule has 0 aliphatic carbocycles. The predicted molar refractivity (Wildman–Crippen MR) is 106 cm³/mol. The zero-order valence-corrected chi connectivity index (χ0v) is 15.8. The third kappa shape index (κ3) is 3.53. The van der Waals surface area contributed by atoms with E-state index in [0.717, 1.165) is 17.8 Å². The van der Waals surface area contributed by atoms with Crippen molar-refractivity contribution in [3.05, 3.63) is 72.1 Å². The van der Waals surface area contributed by atoms with Crippen LogP contribution in [0.2, 0.25) is 0 Å². The van der Waals surface area contributed by atoms with Crippen molar-refractivity contribution in [3.8, 4) is 17.1 Å².